The van der Waals surface area contributed by atoms with Crippen molar-refractivity contribution in [3.63, 3.8) is 0 Å². The van der Waals surface area contributed by atoms with Crippen molar-refractivity contribution in [3.8, 4) is 0 Å². The van der Waals surface area contributed by atoms with Crippen LogP contribution in [0.3, 0.4) is 0 Å². The molecule has 6 nitrogen and oxygen atoms in total. The van der Waals surface area contributed by atoms with Gasteiger partial charge < -0.3 is 20.1 Å². The number of carbonyl (C=O) groups excluding carboxylic acids is 1. The van der Waals surface area contributed by atoms with Gasteiger partial charge in [-0.25, -0.2) is 4.79 Å². The van der Waals surface area contributed by atoms with E-state index in [1.54, 1.807) is 30.3 Å². The van der Waals surface area contributed by atoms with Crippen LogP contribution in [0.5, 0.6) is 0 Å². The molecule has 0 aliphatic heterocycles. The number of ether oxygens (including phenoxy) is 1. The van der Waals surface area contributed by atoms with E-state index in [0.717, 1.165) is 0 Å². The highest BCUT2D eigenvalue weighted by Crippen LogP contribution is 2.36. The molecule has 1 aromatic rings. The number of carboxylic acids is 1. The lowest BCUT2D eigenvalue weighted by molar-refractivity contribution is -0.139. The van der Waals surface area contributed by atoms with Gasteiger partial charge in [-0.15, -0.1) is 0 Å². The van der Waals surface area contributed by atoms with Gasteiger partial charge in [-0.2, -0.15) is 0 Å². The van der Waals surface area contributed by atoms with E-state index in [0.29, 0.717) is 5.56 Å². The van der Waals surface area contributed by atoms with Crippen molar-refractivity contribution < 1.29 is 29.6 Å². The highest BCUT2D eigenvalue weighted by molar-refractivity contribution is 5.89. The Hall–Kier alpha value is -1.92. The van der Waals surface area contributed by atoms with Crippen molar-refractivity contribution in [2.75, 3.05) is 6.61 Å². The molecule has 6 heteroatoms. The fraction of sp³-hybridized carbons (Fsp3) is 0.467. The molecule has 3 N–H and O–H groups in total. The molecule has 114 valence electrons. The monoisotopic (exact) mass is 294 g/mol. The summed E-state index contributed by atoms with van der Waals surface area (Å²) < 4.78 is 5.33. The minimum Gasteiger partial charge on any atom is -0.481 e. The first-order valence-electron chi connectivity index (χ1n) is 6.79. The summed E-state index contributed by atoms with van der Waals surface area (Å²) in [7, 11) is 0. The zero-order chi connectivity index (χ0) is 15.4. The van der Waals surface area contributed by atoms with E-state index in [4.69, 9.17) is 9.84 Å². The first kappa shape index (κ1) is 15.5. The van der Waals surface area contributed by atoms with Crippen LogP contribution in [0.1, 0.15) is 23.2 Å². The molecule has 0 spiro atoms. The zero-order valence-electron chi connectivity index (χ0n) is 11.4. The van der Waals surface area contributed by atoms with Gasteiger partial charge in [0.15, 0.2) is 0 Å². The van der Waals surface area contributed by atoms with Crippen molar-refractivity contribution >= 4 is 11.9 Å². The summed E-state index contributed by atoms with van der Waals surface area (Å²) in [5.74, 6) is -2.76. The van der Waals surface area contributed by atoms with Crippen LogP contribution in [0.15, 0.2) is 30.3 Å². The third-order valence-electron chi connectivity index (χ3n) is 3.88. The number of aliphatic hydroxyl groups is 2. The summed E-state index contributed by atoms with van der Waals surface area (Å²) >= 11 is 0. The maximum absolute atomic E-state index is 12.0. The standard InChI is InChI=1S/C15H18O6/c16-8-11-10(6-14(18)19)12(17)7-13(11)21-15(20)9-4-2-1-3-5-9/h1-5,10-13,16-17H,6-8H2,(H,18,19)/t10-,11+,12+,13+/m0/s1. The van der Waals surface area contributed by atoms with Crippen molar-refractivity contribution in [2.24, 2.45) is 11.8 Å². The Bertz CT molecular complexity index is 500. The Morgan fingerprint density at radius 3 is 2.43 bits per heavy atom. The Labute approximate surface area is 122 Å². The third kappa shape index (κ3) is 3.59. The van der Waals surface area contributed by atoms with Crippen LogP contribution < -0.4 is 0 Å². The number of hydrogen-bond donors (Lipinski definition) is 3. The van der Waals surface area contributed by atoms with Crippen molar-refractivity contribution in [1.82, 2.24) is 0 Å². The third-order valence-corrected chi connectivity index (χ3v) is 3.88. The van der Waals surface area contributed by atoms with E-state index in [1.165, 1.54) is 0 Å². The molecule has 0 aromatic heterocycles. The SMILES string of the molecule is O=C(O)C[C@H]1[C@@H](CO)[C@H](OC(=O)c2ccccc2)C[C@H]1O. The molecular weight excluding hydrogens is 276 g/mol. The second-order valence-electron chi connectivity index (χ2n) is 5.22. The van der Waals surface area contributed by atoms with Crippen LogP contribution in [0, 0.1) is 11.8 Å². The molecule has 0 bridgehead atoms. The van der Waals surface area contributed by atoms with Crippen molar-refractivity contribution in [1.29, 1.82) is 0 Å². The first-order valence-corrected chi connectivity index (χ1v) is 6.79. The fourth-order valence-electron chi connectivity index (χ4n) is 2.81. The molecule has 0 radical (unpaired) electrons. The molecular formula is C15H18O6. The van der Waals surface area contributed by atoms with E-state index < -0.39 is 36.0 Å². The summed E-state index contributed by atoms with van der Waals surface area (Å²) in [6.07, 6.45) is -1.69. The molecule has 0 heterocycles. The zero-order valence-corrected chi connectivity index (χ0v) is 11.4. The first-order chi connectivity index (χ1) is 10.0. The Balaban J connectivity index is 2.06. The maximum Gasteiger partial charge on any atom is 0.338 e. The second kappa shape index (κ2) is 6.69. The highest BCUT2D eigenvalue weighted by atomic mass is 16.5. The molecule has 0 amide bonds. The molecule has 1 aromatic carbocycles. The summed E-state index contributed by atoms with van der Waals surface area (Å²) in [5.41, 5.74) is 0.380. The van der Waals surface area contributed by atoms with E-state index in [-0.39, 0.29) is 19.4 Å². The Kier molecular flexibility index (Phi) is 4.93. The number of aliphatic carboxylic acids is 1. The van der Waals surface area contributed by atoms with Crippen molar-refractivity contribution in [2.45, 2.75) is 25.0 Å². The average Bonchev–Trinajstić information content (AvgIpc) is 2.74. The molecule has 0 saturated heterocycles. The number of hydrogen-bond acceptors (Lipinski definition) is 5. The van der Waals surface area contributed by atoms with Crippen LogP contribution in [0.2, 0.25) is 0 Å². The smallest absolute Gasteiger partial charge is 0.338 e. The molecule has 2 rings (SSSR count). The number of carboxylic acid groups (broad SMARTS) is 1. The molecule has 4 atom stereocenters. The van der Waals surface area contributed by atoms with Gasteiger partial charge in [0.2, 0.25) is 0 Å². The maximum atomic E-state index is 12.0. The molecule has 0 unspecified atom stereocenters. The lowest BCUT2D eigenvalue weighted by atomic mass is 9.91. The van der Waals surface area contributed by atoms with Gasteiger partial charge in [-0.3, -0.25) is 4.79 Å². The van der Waals surface area contributed by atoms with E-state index in [2.05, 4.69) is 0 Å². The van der Waals surface area contributed by atoms with Crippen LogP contribution in [0.25, 0.3) is 0 Å². The summed E-state index contributed by atoms with van der Waals surface area (Å²) in [4.78, 5) is 22.8. The van der Waals surface area contributed by atoms with Gasteiger partial charge in [0.25, 0.3) is 0 Å². The molecule has 1 aliphatic carbocycles. The predicted octanol–water partition coefficient (Wildman–Crippen LogP) is 0.676. The summed E-state index contributed by atoms with van der Waals surface area (Å²) in [5, 5.41) is 28.2. The topological polar surface area (TPSA) is 104 Å². The molecule has 1 aliphatic rings. The number of benzene rings is 1. The van der Waals surface area contributed by atoms with E-state index >= 15 is 0 Å². The number of aliphatic hydroxyl groups excluding tert-OH is 2. The van der Waals surface area contributed by atoms with Crippen LogP contribution in [-0.4, -0.2) is 46.1 Å². The van der Waals surface area contributed by atoms with Crippen LogP contribution in [-0.2, 0) is 9.53 Å². The average molecular weight is 294 g/mol. The molecule has 21 heavy (non-hydrogen) atoms. The summed E-state index contributed by atoms with van der Waals surface area (Å²) in [6.45, 7) is -0.332. The predicted molar refractivity (Wildman–Crippen MR) is 72.6 cm³/mol. The number of rotatable bonds is 5. The van der Waals surface area contributed by atoms with E-state index in [9.17, 15) is 19.8 Å². The minimum atomic E-state index is -1.05. The lowest BCUT2D eigenvalue weighted by Gasteiger charge is -2.22. The Morgan fingerprint density at radius 2 is 1.86 bits per heavy atom. The van der Waals surface area contributed by atoms with Gasteiger partial charge in [0.1, 0.15) is 6.10 Å². The quantitative estimate of drug-likeness (QED) is 0.690. The number of carbonyl (C=O) groups is 2. The number of esters is 1. The normalized spacial score (nSPS) is 28.3. The van der Waals surface area contributed by atoms with E-state index in [1.807, 2.05) is 0 Å². The van der Waals surface area contributed by atoms with Crippen LogP contribution in [0.4, 0.5) is 0 Å². The van der Waals surface area contributed by atoms with Gasteiger partial charge in [0, 0.05) is 24.9 Å². The van der Waals surface area contributed by atoms with Crippen molar-refractivity contribution in [3.05, 3.63) is 35.9 Å². The van der Waals surface area contributed by atoms with Gasteiger partial charge in [-0.05, 0) is 12.1 Å². The fourth-order valence-corrected chi connectivity index (χ4v) is 2.81. The second-order valence-corrected chi connectivity index (χ2v) is 5.22. The molecule has 1 fully saturated rings. The van der Waals surface area contributed by atoms with Crippen LogP contribution >= 0.6 is 0 Å². The van der Waals surface area contributed by atoms with Gasteiger partial charge >= 0.3 is 11.9 Å². The van der Waals surface area contributed by atoms with Gasteiger partial charge in [0.05, 0.1) is 18.1 Å². The van der Waals surface area contributed by atoms with Gasteiger partial charge in [-0.1, -0.05) is 18.2 Å². The summed E-state index contributed by atoms with van der Waals surface area (Å²) in [6, 6.07) is 8.40. The minimum absolute atomic E-state index is 0.141. The molecule has 1 saturated carbocycles. The highest BCUT2D eigenvalue weighted by Gasteiger charge is 2.45. The Morgan fingerprint density at radius 1 is 1.19 bits per heavy atom. The largest absolute Gasteiger partial charge is 0.481 e. The lowest BCUT2D eigenvalue weighted by Crippen LogP contribution is -2.30.